The van der Waals surface area contributed by atoms with Gasteiger partial charge < -0.3 is 5.11 Å². The van der Waals surface area contributed by atoms with E-state index in [4.69, 9.17) is 5.11 Å². The maximum absolute atomic E-state index is 8.52. The van der Waals surface area contributed by atoms with E-state index < -0.39 is 0 Å². The first-order chi connectivity index (χ1) is 4.31. The van der Waals surface area contributed by atoms with Crippen LogP contribution in [0.1, 0.15) is 13.8 Å². The molecule has 0 bridgehead atoms. The highest BCUT2D eigenvalue weighted by atomic mass is 32.2. The van der Waals surface area contributed by atoms with Crippen LogP contribution in [0.2, 0.25) is 0 Å². The zero-order valence-corrected chi connectivity index (χ0v) is 6.66. The van der Waals surface area contributed by atoms with Crippen molar-refractivity contribution in [2.24, 2.45) is 5.92 Å². The van der Waals surface area contributed by atoms with Crippen LogP contribution in [0.4, 0.5) is 0 Å². The van der Waals surface area contributed by atoms with E-state index in [0.717, 1.165) is 5.75 Å². The predicted octanol–water partition coefficient (Wildman–Crippen LogP) is 1.33. The fourth-order valence-electron chi connectivity index (χ4n) is 0.260. The van der Waals surface area contributed by atoms with E-state index in [2.05, 4.69) is 18.1 Å². The van der Waals surface area contributed by atoms with E-state index in [-0.39, 0.29) is 12.5 Å². The zero-order valence-electron chi connectivity index (χ0n) is 5.85. The summed E-state index contributed by atoms with van der Waals surface area (Å²) < 4.78 is 0. The maximum Gasteiger partial charge on any atom is 0.0566 e. The fraction of sp³-hybridized carbons (Fsp3) is 0.714. The van der Waals surface area contributed by atoms with E-state index in [1.165, 1.54) is 0 Å². The van der Waals surface area contributed by atoms with E-state index in [1.807, 2.05) is 6.92 Å². The van der Waals surface area contributed by atoms with Crippen LogP contribution in [0, 0.1) is 17.1 Å². The summed E-state index contributed by atoms with van der Waals surface area (Å²) in [5, 5.41) is 11.4. The SMILES string of the molecule is CCSC#CC(C)CO. The Morgan fingerprint density at radius 2 is 2.33 bits per heavy atom. The van der Waals surface area contributed by atoms with Crippen molar-refractivity contribution in [3.05, 3.63) is 0 Å². The predicted molar refractivity (Wildman–Crippen MR) is 42.2 cm³/mol. The van der Waals surface area contributed by atoms with Gasteiger partial charge in [-0.25, -0.2) is 0 Å². The van der Waals surface area contributed by atoms with E-state index in [1.54, 1.807) is 11.8 Å². The van der Waals surface area contributed by atoms with Gasteiger partial charge >= 0.3 is 0 Å². The molecule has 0 amide bonds. The van der Waals surface area contributed by atoms with Crippen LogP contribution in [0.3, 0.4) is 0 Å². The molecule has 0 saturated heterocycles. The molecule has 0 aliphatic rings. The summed E-state index contributed by atoms with van der Waals surface area (Å²) in [5.41, 5.74) is 0. The molecule has 0 aromatic carbocycles. The van der Waals surface area contributed by atoms with Crippen LogP contribution in [0.5, 0.6) is 0 Å². The van der Waals surface area contributed by atoms with Gasteiger partial charge in [0.05, 0.1) is 6.61 Å². The molecule has 0 aromatic heterocycles. The Kier molecular flexibility index (Phi) is 5.91. The molecule has 1 atom stereocenters. The number of thioether (sulfide) groups is 1. The summed E-state index contributed by atoms with van der Waals surface area (Å²) in [6.07, 6.45) is 0. The normalized spacial score (nSPS) is 11.9. The van der Waals surface area contributed by atoms with E-state index in [0.29, 0.717) is 0 Å². The molecule has 0 spiro atoms. The van der Waals surface area contributed by atoms with Crippen LogP contribution in [0.15, 0.2) is 0 Å². The minimum atomic E-state index is 0.129. The zero-order chi connectivity index (χ0) is 7.11. The minimum absolute atomic E-state index is 0.129. The van der Waals surface area contributed by atoms with Crippen LogP contribution >= 0.6 is 11.8 Å². The number of hydrogen-bond acceptors (Lipinski definition) is 2. The van der Waals surface area contributed by atoms with Crippen molar-refractivity contribution in [1.29, 1.82) is 0 Å². The second kappa shape index (κ2) is 6.00. The number of aliphatic hydroxyl groups excluding tert-OH is 1. The van der Waals surface area contributed by atoms with Gasteiger partial charge in [0, 0.05) is 11.7 Å². The molecule has 0 heterocycles. The molecule has 0 rings (SSSR count). The van der Waals surface area contributed by atoms with E-state index in [9.17, 15) is 0 Å². The lowest BCUT2D eigenvalue weighted by atomic mass is 10.2. The van der Waals surface area contributed by atoms with Crippen molar-refractivity contribution in [3.8, 4) is 11.2 Å². The first kappa shape index (κ1) is 8.87. The van der Waals surface area contributed by atoms with Crippen molar-refractivity contribution >= 4 is 11.8 Å². The molecule has 0 radical (unpaired) electrons. The summed E-state index contributed by atoms with van der Waals surface area (Å²) in [7, 11) is 0. The summed E-state index contributed by atoms with van der Waals surface area (Å²) in [6, 6.07) is 0. The highest BCUT2D eigenvalue weighted by Crippen LogP contribution is 1.95. The molecule has 0 saturated carbocycles. The molecule has 0 aliphatic carbocycles. The van der Waals surface area contributed by atoms with Crippen molar-refractivity contribution in [2.75, 3.05) is 12.4 Å². The van der Waals surface area contributed by atoms with Crippen LogP contribution in [-0.4, -0.2) is 17.5 Å². The Hall–Kier alpha value is -0.130. The average Bonchev–Trinajstić information content (AvgIpc) is 1.89. The van der Waals surface area contributed by atoms with Crippen LogP contribution < -0.4 is 0 Å². The minimum Gasteiger partial charge on any atom is -0.395 e. The lowest BCUT2D eigenvalue weighted by Crippen LogP contribution is -1.94. The van der Waals surface area contributed by atoms with Crippen molar-refractivity contribution < 1.29 is 5.11 Å². The molecule has 0 aromatic rings. The summed E-state index contributed by atoms with van der Waals surface area (Å²) in [4.78, 5) is 0. The van der Waals surface area contributed by atoms with Crippen LogP contribution in [0.25, 0.3) is 0 Å². The van der Waals surface area contributed by atoms with Gasteiger partial charge in [0.1, 0.15) is 0 Å². The standard InChI is InChI=1S/C7H12OS/c1-3-9-5-4-7(2)6-8/h7-8H,3,6H2,1-2H3. The second-order valence-corrected chi connectivity index (χ2v) is 2.83. The maximum atomic E-state index is 8.52. The number of hydrogen-bond donors (Lipinski definition) is 1. The third-order valence-electron chi connectivity index (χ3n) is 0.796. The lowest BCUT2D eigenvalue weighted by molar-refractivity contribution is 0.266. The Balaban J connectivity index is 3.33. The van der Waals surface area contributed by atoms with Crippen molar-refractivity contribution in [3.63, 3.8) is 0 Å². The lowest BCUT2D eigenvalue weighted by Gasteiger charge is -1.92. The van der Waals surface area contributed by atoms with Gasteiger partial charge in [0.15, 0.2) is 0 Å². The Morgan fingerprint density at radius 3 is 2.78 bits per heavy atom. The molecule has 0 aliphatic heterocycles. The van der Waals surface area contributed by atoms with Crippen molar-refractivity contribution in [1.82, 2.24) is 0 Å². The number of aliphatic hydroxyl groups is 1. The third kappa shape index (κ3) is 5.75. The third-order valence-corrected chi connectivity index (χ3v) is 1.35. The molecule has 1 nitrogen and oxygen atoms in total. The van der Waals surface area contributed by atoms with Gasteiger partial charge in [0.25, 0.3) is 0 Å². The molecule has 52 valence electrons. The molecule has 9 heavy (non-hydrogen) atoms. The van der Waals surface area contributed by atoms with Crippen LogP contribution in [-0.2, 0) is 0 Å². The fourth-order valence-corrected chi connectivity index (χ4v) is 0.689. The average molecular weight is 144 g/mol. The number of rotatable bonds is 2. The van der Waals surface area contributed by atoms with Gasteiger partial charge in [-0.1, -0.05) is 24.6 Å². The van der Waals surface area contributed by atoms with Gasteiger partial charge in [-0.2, -0.15) is 0 Å². The topological polar surface area (TPSA) is 20.2 Å². The Labute approximate surface area is 60.8 Å². The smallest absolute Gasteiger partial charge is 0.0566 e. The van der Waals surface area contributed by atoms with Crippen molar-refractivity contribution in [2.45, 2.75) is 13.8 Å². The first-order valence-corrected chi connectivity index (χ1v) is 4.03. The first-order valence-electron chi connectivity index (χ1n) is 3.04. The monoisotopic (exact) mass is 144 g/mol. The van der Waals surface area contributed by atoms with Gasteiger partial charge in [-0.15, -0.1) is 0 Å². The highest BCUT2D eigenvalue weighted by Gasteiger charge is 1.89. The molecular formula is C7H12OS. The Morgan fingerprint density at radius 1 is 1.67 bits per heavy atom. The Bertz CT molecular complexity index is 112. The summed E-state index contributed by atoms with van der Waals surface area (Å²) in [5.74, 6) is 4.04. The second-order valence-electron chi connectivity index (χ2n) is 1.76. The molecule has 1 unspecified atom stereocenters. The van der Waals surface area contributed by atoms with E-state index >= 15 is 0 Å². The van der Waals surface area contributed by atoms with Gasteiger partial charge in [0.2, 0.25) is 0 Å². The summed E-state index contributed by atoms with van der Waals surface area (Å²) >= 11 is 1.58. The molecule has 1 N–H and O–H groups in total. The molecule has 0 fully saturated rings. The van der Waals surface area contributed by atoms with Gasteiger partial charge in [-0.05, 0) is 12.2 Å². The molecule has 2 heteroatoms. The molecular weight excluding hydrogens is 132 g/mol. The quantitative estimate of drug-likeness (QED) is 0.590. The van der Waals surface area contributed by atoms with Gasteiger partial charge in [-0.3, -0.25) is 0 Å². The largest absolute Gasteiger partial charge is 0.395 e. The highest BCUT2D eigenvalue weighted by molar-refractivity contribution is 8.03. The summed E-state index contributed by atoms with van der Waals surface area (Å²) in [6.45, 7) is 4.13.